The van der Waals surface area contributed by atoms with Crippen LogP contribution in [0.1, 0.15) is 30.6 Å². The minimum absolute atomic E-state index is 0.305. The molecule has 2 aliphatic rings. The number of hydrogen-bond acceptors (Lipinski definition) is 3. The molecule has 2 bridgehead atoms. The van der Waals surface area contributed by atoms with Gasteiger partial charge in [-0.1, -0.05) is 0 Å². The van der Waals surface area contributed by atoms with Crippen LogP contribution in [0.5, 0.6) is 0 Å². The lowest BCUT2D eigenvalue weighted by Crippen LogP contribution is -2.42. The maximum atomic E-state index is 12.4. The predicted molar refractivity (Wildman–Crippen MR) is 78.0 cm³/mol. The van der Waals surface area contributed by atoms with Gasteiger partial charge in [-0.3, -0.25) is 4.79 Å². The first-order valence-electron chi connectivity index (χ1n) is 6.61. The van der Waals surface area contributed by atoms with Gasteiger partial charge < -0.3 is 4.90 Å². The summed E-state index contributed by atoms with van der Waals surface area (Å²) in [5.74, 6) is 0.758. The third-order valence-electron chi connectivity index (χ3n) is 4.52. The molecular formula is C14H18BrNOS. The van der Waals surface area contributed by atoms with Gasteiger partial charge in [0, 0.05) is 39.2 Å². The zero-order valence-electron chi connectivity index (χ0n) is 10.6. The van der Waals surface area contributed by atoms with Crippen molar-refractivity contribution in [1.82, 2.24) is 4.90 Å². The van der Waals surface area contributed by atoms with Crippen molar-refractivity contribution in [2.45, 2.75) is 44.2 Å². The fraction of sp³-hybridized carbons (Fsp3) is 0.643. The van der Waals surface area contributed by atoms with Crippen LogP contribution in [-0.2, 0) is 11.2 Å². The molecule has 0 N–H and O–H groups in total. The summed E-state index contributed by atoms with van der Waals surface area (Å²) >= 11 is 5.13. The third-order valence-corrected chi connectivity index (χ3v) is 6.22. The van der Waals surface area contributed by atoms with E-state index in [1.165, 1.54) is 17.7 Å². The molecule has 3 rings (SSSR count). The molecule has 2 unspecified atom stereocenters. The molecule has 2 aliphatic heterocycles. The van der Waals surface area contributed by atoms with Gasteiger partial charge in [-0.05, 0) is 54.7 Å². The topological polar surface area (TPSA) is 20.3 Å². The highest BCUT2D eigenvalue weighted by molar-refractivity contribution is 9.10. The molecular weight excluding hydrogens is 310 g/mol. The summed E-state index contributed by atoms with van der Waals surface area (Å²) in [4.78, 5) is 16.1. The Hall–Kier alpha value is -0.190. The van der Waals surface area contributed by atoms with Crippen LogP contribution in [-0.4, -0.2) is 29.8 Å². The third kappa shape index (κ3) is 2.43. The second-order valence-corrected chi connectivity index (χ2v) is 7.50. The molecule has 0 aliphatic carbocycles. The zero-order chi connectivity index (χ0) is 12.7. The van der Waals surface area contributed by atoms with E-state index in [-0.39, 0.29) is 0 Å². The number of carbonyl (C=O) groups is 1. The number of ketones is 1. The second-order valence-electron chi connectivity index (χ2n) is 5.59. The summed E-state index contributed by atoms with van der Waals surface area (Å²) < 4.78 is 1.10. The highest BCUT2D eigenvalue weighted by Crippen LogP contribution is 2.38. The van der Waals surface area contributed by atoms with Gasteiger partial charge in [-0.15, -0.1) is 11.3 Å². The highest BCUT2D eigenvalue weighted by atomic mass is 79.9. The lowest BCUT2D eigenvalue weighted by atomic mass is 9.86. The van der Waals surface area contributed by atoms with E-state index in [0.29, 0.717) is 30.2 Å². The minimum atomic E-state index is 0.305. The molecule has 1 aromatic heterocycles. The molecule has 2 saturated heterocycles. The monoisotopic (exact) mass is 327 g/mol. The van der Waals surface area contributed by atoms with Crippen LogP contribution in [0.3, 0.4) is 0 Å². The Morgan fingerprint density at radius 2 is 2.11 bits per heavy atom. The molecule has 2 atom stereocenters. The zero-order valence-corrected chi connectivity index (χ0v) is 13.0. The molecule has 3 heterocycles. The van der Waals surface area contributed by atoms with E-state index in [9.17, 15) is 4.79 Å². The Morgan fingerprint density at radius 3 is 2.67 bits per heavy atom. The number of thiophene rings is 1. The maximum Gasteiger partial charge on any atom is 0.141 e. The van der Waals surface area contributed by atoms with E-state index in [1.54, 1.807) is 11.3 Å². The molecule has 18 heavy (non-hydrogen) atoms. The standard InChI is InChI=1S/C14H18BrNOS/c1-16-11-2-3-12(16)5-9(4-11)14(17)7-13-6-10(15)8-18-13/h6,8-9,11-12H,2-5,7H2,1H3. The number of fused-ring (bicyclic) bond motifs is 2. The minimum Gasteiger partial charge on any atom is -0.300 e. The Labute approximate surface area is 120 Å². The molecule has 2 fully saturated rings. The van der Waals surface area contributed by atoms with E-state index < -0.39 is 0 Å². The van der Waals surface area contributed by atoms with Crippen LogP contribution < -0.4 is 0 Å². The SMILES string of the molecule is CN1C2CCC1CC(C(=O)Cc1cc(Br)cs1)C2. The van der Waals surface area contributed by atoms with Crippen LogP contribution in [0, 0.1) is 5.92 Å². The number of carbonyl (C=O) groups excluding carboxylic acids is 1. The first kappa shape index (κ1) is 12.8. The number of rotatable bonds is 3. The van der Waals surface area contributed by atoms with E-state index >= 15 is 0 Å². The van der Waals surface area contributed by atoms with Gasteiger partial charge in [0.2, 0.25) is 0 Å². The van der Waals surface area contributed by atoms with Crippen molar-refractivity contribution >= 4 is 33.0 Å². The Bertz CT molecular complexity index is 444. The van der Waals surface area contributed by atoms with Crippen molar-refractivity contribution < 1.29 is 4.79 Å². The van der Waals surface area contributed by atoms with Gasteiger partial charge >= 0.3 is 0 Å². The quantitative estimate of drug-likeness (QED) is 0.846. The maximum absolute atomic E-state index is 12.4. The van der Waals surface area contributed by atoms with E-state index in [0.717, 1.165) is 17.3 Å². The number of hydrogen-bond donors (Lipinski definition) is 0. The van der Waals surface area contributed by atoms with Crippen molar-refractivity contribution in [2.75, 3.05) is 7.05 Å². The summed E-state index contributed by atoms with van der Waals surface area (Å²) in [6, 6.07) is 3.40. The highest BCUT2D eigenvalue weighted by Gasteiger charge is 2.40. The van der Waals surface area contributed by atoms with Gasteiger partial charge in [0.15, 0.2) is 0 Å². The molecule has 0 amide bonds. The fourth-order valence-corrected chi connectivity index (χ4v) is 4.90. The van der Waals surface area contributed by atoms with E-state index in [2.05, 4.69) is 39.3 Å². The normalized spacial score (nSPS) is 31.8. The van der Waals surface area contributed by atoms with Crippen LogP contribution in [0.25, 0.3) is 0 Å². The summed E-state index contributed by atoms with van der Waals surface area (Å²) in [7, 11) is 2.22. The lowest BCUT2D eigenvalue weighted by molar-refractivity contribution is -0.124. The Balaban J connectivity index is 1.64. The fourth-order valence-electron chi connectivity index (χ4n) is 3.44. The Morgan fingerprint density at radius 1 is 1.44 bits per heavy atom. The van der Waals surface area contributed by atoms with Crippen molar-refractivity contribution in [3.05, 3.63) is 20.8 Å². The number of Topliss-reactive ketones (excluding diaryl/α,β-unsaturated/α-hetero) is 1. The van der Waals surface area contributed by atoms with Crippen molar-refractivity contribution in [3.8, 4) is 0 Å². The summed E-state index contributed by atoms with van der Waals surface area (Å²) in [6.07, 6.45) is 5.37. The second kappa shape index (κ2) is 5.06. The van der Waals surface area contributed by atoms with E-state index in [1.807, 2.05) is 0 Å². The van der Waals surface area contributed by atoms with Crippen molar-refractivity contribution in [2.24, 2.45) is 5.92 Å². The van der Waals surface area contributed by atoms with Gasteiger partial charge in [-0.25, -0.2) is 0 Å². The van der Waals surface area contributed by atoms with Gasteiger partial charge in [0.05, 0.1) is 0 Å². The van der Waals surface area contributed by atoms with Gasteiger partial charge in [-0.2, -0.15) is 0 Å². The van der Waals surface area contributed by atoms with Crippen LogP contribution in [0.15, 0.2) is 15.9 Å². The van der Waals surface area contributed by atoms with Crippen LogP contribution >= 0.6 is 27.3 Å². The van der Waals surface area contributed by atoms with Gasteiger partial charge in [0.25, 0.3) is 0 Å². The molecule has 98 valence electrons. The predicted octanol–water partition coefficient (Wildman–Crippen LogP) is 3.50. The van der Waals surface area contributed by atoms with Crippen LogP contribution in [0.4, 0.5) is 0 Å². The smallest absolute Gasteiger partial charge is 0.141 e. The molecule has 0 spiro atoms. The molecule has 4 heteroatoms. The summed E-state index contributed by atoms with van der Waals surface area (Å²) in [6.45, 7) is 0. The molecule has 2 nitrogen and oxygen atoms in total. The number of nitrogens with zero attached hydrogens (tertiary/aromatic N) is 1. The molecule has 0 aromatic carbocycles. The summed E-state index contributed by atoms with van der Waals surface area (Å²) in [5.41, 5.74) is 0. The molecule has 0 radical (unpaired) electrons. The average Bonchev–Trinajstić information content (AvgIpc) is 2.80. The number of halogens is 1. The molecule has 1 aromatic rings. The number of piperidine rings is 1. The van der Waals surface area contributed by atoms with E-state index in [4.69, 9.17) is 0 Å². The molecule has 0 saturated carbocycles. The van der Waals surface area contributed by atoms with Crippen molar-refractivity contribution in [1.29, 1.82) is 0 Å². The lowest BCUT2D eigenvalue weighted by Gasteiger charge is -2.35. The first-order chi connectivity index (χ1) is 8.63. The van der Waals surface area contributed by atoms with Crippen LogP contribution in [0.2, 0.25) is 0 Å². The van der Waals surface area contributed by atoms with Crippen molar-refractivity contribution in [3.63, 3.8) is 0 Å². The van der Waals surface area contributed by atoms with Gasteiger partial charge in [0.1, 0.15) is 5.78 Å². The summed E-state index contributed by atoms with van der Waals surface area (Å²) in [5, 5.41) is 2.06. The largest absolute Gasteiger partial charge is 0.300 e. The average molecular weight is 328 g/mol. The first-order valence-corrected chi connectivity index (χ1v) is 8.28. The Kier molecular flexibility index (Phi) is 3.61.